The van der Waals surface area contributed by atoms with Crippen LogP contribution in [0.2, 0.25) is 0 Å². The normalized spacial score (nSPS) is 11.8. The molecule has 0 bridgehead atoms. The molecule has 0 heteroatoms. The molecule has 3 aromatic carbocycles. The second kappa shape index (κ2) is 10.3. The molecule has 0 aliphatic carbocycles. The van der Waals surface area contributed by atoms with Crippen LogP contribution in [0.1, 0.15) is 94.3 Å². The molecular weight excluding hydrogens is 396 g/mol. The van der Waals surface area contributed by atoms with Crippen LogP contribution in [0, 0.1) is 6.92 Å². The van der Waals surface area contributed by atoms with Crippen molar-refractivity contribution in [2.45, 2.75) is 99.8 Å². The predicted molar refractivity (Wildman–Crippen MR) is 148 cm³/mol. The zero-order valence-electron chi connectivity index (χ0n) is 22.6. The van der Waals surface area contributed by atoms with Gasteiger partial charge in [-0.05, 0) is 100 Å². The van der Waals surface area contributed by atoms with Gasteiger partial charge in [0.2, 0.25) is 0 Å². The third kappa shape index (κ3) is 4.96. The summed E-state index contributed by atoms with van der Waals surface area (Å²) in [6, 6.07) is 16.8. The van der Waals surface area contributed by atoms with Gasteiger partial charge in [-0.3, -0.25) is 0 Å². The van der Waals surface area contributed by atoms with E-state index >= 15 is 0 Å². The van der Waals surface area contributed by atoms with E-state index < -0.39 is 0 Å². The first kappa shape index (κ1) is 25.3. The molecule has 0 aliphatic heterocycles. The van der Waals surface area contributed by atoms with Gasteiger partial charge in [-0.2, -0.15) is 0 Å². The minimum Gasteiger partial charge on any atom is -0.0613 e. The first-order valence-corrected chi connectivity index (χ1v) is 13.1. The quantitative estimate of drug-likeness (QED) is 0.343. The first-order valence-electron chi connectivity index (χ1n) is 13.1. The van der Waals surface area contributed by atoms with Gasteiger partial charge in [-0.25, -0.2) is 0 Å². The lowest BCUT2D eigenvalue weighted by Gasteiger charge is -2.30. The zero-order valence-corrected chi connectivity index (χ0v) is 22.6. The van der Waals surface area contributed by atoms with Gasteiger partial charge in [0.05, 0.1) is 0 Å². The van der Waals surface area contributed by atoms with E-state index in [-0.39, 0.29) is 5.41 Å². The van der Waals surface area contributed by atoms with Gasteiger partial charge in [0.1, 0.15) is 0 Å². The van der Waals surface area contributed by atoms with Crippen LogP contribution in [0.15, 0.2) is 42.5 Å². The van der Waals surface area contributed by atoms with Crippen LogP contribution in [0.4, 0.5) is 0 Å². The van der Waals surface area contributed by atoms with E-state index in [2.05, 4.69) is 105 Å². The summed E-state index contributed by atoms with van der Waals surface area (Å²) in [4.78, 5) is 0. The Labute approximate surface area is 203 Å². The van der Waals surface area contributed by atoms with Crippen molar-refractivity contribution in [3.8, 4) is 22.3 Å². The molecule has 3 aromatic rings. The molecule has 33 heavy (non-hydrogen) atoms. The lowest BCUT2D eigenvalue weighted by Crippen LogP contribution is -2.16. The highest BCUT2D eigenvalue weighted by molar-refractivity contribution is 5.85. The van der Waals surface area contributed by atoms with Crippen molar-refractivity contribution < 1.29 is 0 Å². The molecule has 0 amide bonds. The van der Waals surface area contributed by atoms with Crippen LogP contribution < -0.4 is 0 Å². The van der Waals surface area contributed by atoms with Gasteiger partial charge in [-0.15, -0.1) is 0 Å². The van der Waals surface area contributed by atoms with E-state index in [1.165, 1.54) is 61.2 Å². The lowest BCUT2D eigenvalue weighted by atomic mass is 9.74. The Bertz CT molecular complexity index is 1070. The maximum atomic E-state index is 2.45. The minimum atomic E-state index is 0.0340. The summed E-state index contributed by atoms with van der Waals surface area (Å²) in [5, 5.41) is 0. The Balaban J connectivity index is 2.48. The predicted octanol–water partition coefficient (Wildman–Crippen LogP) is 9.44. The van der Waals surface area contributed by atoms with Crippen molar-refractivity contribution >= 4 is 0 Å². The fourth-order valence-electron chi connectivity index (χ4n) is 5.57. The summed E-state index contributed by atoms with van der Waals surface area (Å²) in [6.07, 6.45) is 5.34. The molecule has 0 atom stereocenters. The highest BCUT2D eigenvalue weighted by Crippen LogP contribution is 2.45. The molecule has 0 saturated carbocycles. The lowest BCUT2D eigenvalue weighted by molar-refractivity contribution is 0.593. The first-order chi connectivity index (χ1) is 15.7. The van der Waals surface area contributed by atoms with Gasteiger partial charge in [0, 0.05) is 0 Å². The zero-order chi connectivity index (χ0) is 24.3. The summed E-state index contributed by atoms with van der Waals surface area (Å²) < 4.78 is 0. The summed E-state index contributed by atoms with van der Waals surface area (Å²) in [7, 11) is 0. The molecule has 3 rings (SSSR count). The van der Waals surface area contributed by atoms with Crippen LogP contribution in [0.5, 0.6) is 0 Å². The number of hydrogen-bond donors (Lipinski definition) is 0. The standard InChI is InChI=1S/C33H44/c1-10-23-20-26(13-4)31(27(14-5)21-23)29-17-15-16-28(32(29)33(7,8)9)30-24(11-2)18-22(6)19-25(30)12-3/h15-21H,10-14H2,1-9H3. The van der Waals surface area contributed by atoms with E-state index in [1.54, 1.807) is 0 Å². The Morgan fingerprint density at radius 1 is 0.576 bits per heavy atom. The van der Waals surface area contributed by atoms with Crippen molar-refractivity contribution in [3.05, 3.63) is 81.4 Å². The fourth-order valence-corrected chi connectivity index (χ4v) is 5.57. The summed E-state index contributed by atoms with van der Waals surface area (Å²) in [5.41, 5.74) is 16.1. The molecule has 0 unspecified atom stereocenters. The topological polar surface area (TPSA) is 0 Å². The van der Waals surface area contributed by atoms with Crippen LogP contribution in [0.3, 0.4) is 0 Å². The number of aryl methyl sites for hydroxylation is 6. The molecule has 0 saturated heterocycles. The third-order valence-corrected chi connectivity index (χ3v) is 7.09. The van der Waals surface area contributed by atoms with Gasteiger partial charge < -0.3 is 0 Å². The molecule has 0 heterocycles. The van der Waals surface area contributed by atoms with E-state index in [0.29, 0.717) is 0 Å². The van der Waals surface area contributed by atoms with Crippen molar-refractivity contribution in [1.29, 1.82) is 0 Å². The summed E-state index contributed by atoms with van der Waals surface area (Å²) >= 11 is 0. The number of rotatable bonds is 7. The minimum absolute atomic E-state index is 0.0340. The third-order valence-electron chi connectivity index (χ3n) is 7.09. The summed E-state index contributed by atoms with van der Waals surface area (Å²) in [5.74, 6) is 0. The highest BCUT2D eigenvalue weighted by Gasteiger charge is 2.27. The number of benzene rings is 3. The average molecular weight is 441 g/mol. The molecule has 0 nitrogen and oxygen atoms in total. The van der Waals surface area contributed by atoms with Gasteiger partial charge >= 0.3 is 0 Å². The van der Waals surface area contributed by atoms with E-state index in [4.69, 9.17) is 0 Å². The maximum Gasteiger partial charge on any atom is -0.0117 e. The van der Waals surface area contributed by atoms with Crippen molar-refractivity contribution in [3.63, 3.8) is 0 Å². The molecule has 0 aromatic heterocycles. The fraction of sp³-hybridized carbons (Fsp3) is 0.455. The molecule has 0 fully saturated rings. The van der Waals surface area contributed by atoms with E-state index in [1.807, 2.05) is 0 Å². The molecule has 0 N–H and O–H groups in total. The Kier molecular flexibility index (Phi) is 7.88. The van der Waals surface area contributed by atoms with E-state index in [0.717, 1.165) is 32.1 Å². The molecule has 176 valence electrons. The largest absolute Gasteiger partial charge is 0.0613 e. The van der Waals surface area contributed by atoms with Crippen LogP contribution in [-0.4, -0.2) is 0 Å². The van der Waals surface area contributed by atoms with Crippen LogP contribution >= 0.6 is 0 Å². The number of hydrogen-bond acceptors (Lipinski definition) is 0. The Morgan fingerprint density at radius 2 is 0.970 bits per heavy atom. The van der Waals surface area contributed by atoms with Crippen molar-refractivity contribution in [1.82, 2.24) is 0 Å². The average Bonchev–Trinajstić information content (AvgIpc) is 2.81. The summed E-state index contributed by atoms with van der Waals surface area (Å²) in [6.45, 7) is 20.9. The van der Waals surface area contributed by atoms with E-state index in [9.17, 15) is 0 Å². The maximum absolute atomic E-state index is 2.45. The van der Waals surface area contributed by atoms with Gasteiger partial charge in [0.15, 0.2) is 0 Å². The molecule has 0 radical (unpaired) electrons. The molecule has 0 spiro atoms. The SMILES string of the molecule is CCc1cc(CC)c(-c2cccc(-c3c(CC)cc(C)cc3CC)c2C(C)(C)C)c(CC)c1. The molecule has 0 aliphatic rings. The smallest absolute Gasteiger partial charge is 0.0117 e. The van der Waals surface area contributed by atoms with Gasteiger partial charge in [0.25, 0.3) is 0 Å². The monoisotopic (exact) mass is 440 g/mol. The van der Waals surface area contributed by atoms with Crippen LogP contribution in [0.25, 0.3) is 22.3 Å². The Hall–Kier alpha value is -2.34. The Morgan fingerprint density at radius 3 is 1.30 bits per heavy atom. The van der Waals surface area contributed by atoms with Crippen LogP contribution in [-0.2, 0) is 37.5 Å². The second-order valence-electron chi connectivity index (χ2n) is 10.5. The molecular formula is C33H44. The highest BCUT2D eigenvalue weighted by atomic mass is 14.3. The second-order valence-corrected chi connectivity index (χ2v) is 10.5. The van der Waals surface area contributed by atoms with Crippen molar-refractivity contribution in [2.24, 2.45) is 0 Å². The van der Waals surface area contributed by atoms with Crippen molar-refractivity contribution in [2.75, 3.05) is 0 Å². The van der Waals surface area contributed by atoms with Gasteiger partial charge in [-0.1, -0.05) is 103 Å².